The molecule has 2 rings (SSSR count). The minimum absolute atomic E-state index is 0.109. The summed E-state index contributed by atoms with van der Waals surface area (Å²) >= 11 is 3.24. The number of hydrogen-bond donors (Lipinski definition) is 1. The van der Waals surface area contributed by atoms with Crippen molar-refractivity contribution in [2.75, 3.05) is 18.4 Å². The molecule has 0 aliphatic rings. The number of methoxy groups -OCH3 is 1. The molecular weight excluding hydrogens is 414 g/mol. The molecule has 0 aliphatic heterocycles. The first-order chi connectivity index (χ1) is 11.8. The predicted molar refractivity (Wildman–Crippen MR) is 93.7 cm³/mol. The van der Waals surface area contributed by atoms with Crippen LogP contribution in [-0.4, -0.2) is 34.1 Å². The fourth-order valence-corrected chi connectivity index (χ4v) is 3.09. The second-order valence-electron chi connectivity index (χ2n) is 4.79. The van der Waals surface area contributed by atoms with Crippen LogP contribution in [0.3, 0.4) is 0 Å². The summed E-state index contributed by atoms with van der Waals surface area (Å²) in [6, 6.07) is 11.8. The predicted octanol–water partition coefficient (Wildman–Crippen LogP) is 2.58. The third kappa shape index (κ3) is 5.30. The van der Waals surface area contributed by atoms with Crippen LogP contribution in [0.1, 0.15) is 10.4 Å². The van der Waals surface area contributed by atoms with Crippen LogP contribution in [0.2, 0.25) is 0 Å². The van der Waals surface area contributed by atoms with Gasteiger partial charge in [-0.05, 0) is 48.5 Å². The molecule has 0 aliphatic carbocycles. The second-order valence-corrected chi connectivity index (χ2v) is 7.39. The maximum atomic E-state index is 12.3. The molecule has 2 aromatic carbocycles. The molecule has 0 saturated carbocycles. The van der Waals surface area contributed by atoms with Crippen LogP contribution in [0.15, 0.2) is 57.9 Å². The molecule has 132 valence electrons. The van der Waals surface area contributed by atoms with Crippen LogP contribution in [-0.2, 0) is 24.3 Å². The number of ether oxygens (including phenoxy) is 2. The topological polar surface area (TPSA) is 98.8 Å². The summed E-state index contributed by atoms with van der Waals surface area (Å²) in [7, 11) is -2.55. The van der Waals surface area contributed by atoms with Crippen molar-refractivity contribution in [3.8, 4) is 0 Å². The van der Waals surface area contributed by atoms with Gasteiger partial charge in [0.25, 0.3) is 10.0 Å². The fraction of sp³-hybridized carbons (Fsp3) is 0.125. The molecule has 25 heavy (non-hydrogen) atoms. The van der Waals surface area contributed by atoms with Gasteiger partial charge in [0, 0.05) is 10.2 Å². The van der Waals surface area contributed by atoms with E-state index in [4.69, 9.17) is 4.74 Å². The molecular formula is C16H14BrNO6S. The number of nitrogens with one attached hydrogen (secondary N) is 1. The molecule has 0 radical (unpaired) electrons. The number of sulfonamides is 1. The monoisotopic (exact) mass is 427 g/mol. The first kappa shape index (κ1) is 18.9. The molecule has 0 unspecified atom stereocenters. The molecule has 0 fully saturated rings. The number of halogens is 1. The third-order valence-corrected chi connectivity index (χ3v) is 4.97. The summed E-state index contributed by atoms with van der Waals surface area (Å²) in [6.45, 7) is -0.493. The Morgan fingerprint density at radius 1 is 1.04 bits per heavy atom. The first-order valence-electron chi connectivity index (χ1n) is 6.94. The number of hydrogen-bond acceptors (Lipinski definition) is 6. The van der Waals surface area contributed by atoms with Crippen molar-refractivity contribution in [2.45, 2.75) is 4.90 Å². The van der Waals surface area contributed by atoms with Crippen molar-refractivity contribution in [3.63, 3.8) is 0 Å². The van der Waals surface area contributed by atoms with Crippen LogP contribution < -0.4 is 4.72 Å². The van der Waals surface area contributed by atoms with Crippen LogP contribution >= 0.6 is 15.9 Å². The minimum atomic E-state index is -3.74. The van der Waals surface area contributed by atoms with E-state index < -0.39 is 28.6 Å². The number of carbonyl (C=O) groups excluding carboxylic acids is 2. The zero-order valence-corrected chi connectivity index (χ0v) is 15.5. The van der Waals surface area contributed by atoms with Gasteiger partial charge in [-0.15, -0.1) is 0 Å². The fourth-order valence-electron chi connectivity index (χ4n) is 1.77. The van der Waals surface area contributed by atoms with Crippen molar-refractivity contribution in [3.05, 3.63) is 58.6 Å². The normalized spacial score (nSPS) is 10.8. The van der Waals surface area contributed by atoms with E-state index in [1.54, 1.807) is 12.1 Å². The van der Waals surface area contributed by atoms with Gasteiger partial charge in [-0.25, -0.2) is 18.0 Å². The molecule has 0 aromatic heterocycles. The van der Waals surface area contributed by atoms with Gasteiger partial charge < -0.3 is 9.47 Å². The van der Waals surface area contributed by atoms with Crippen LogP contribution in [0.25, 0.3) is 0 Å². The van der Waals surface area contributed by atoms with Gasteiger partial charge in [-0.1, -0.05) is 15.9 Å². The van der Waals surface area contributed by atoms with Gasteiger partial charge in [-0.2, -0.15) is 0 Å². The summed E-state index contributed by atoms with van der Waals surface area (Å²) in [5.74, 6) is -1.39. The van der Waals surface area contributed by atoms with Crippen LogP contribution in [0.5, 0.6) is 0 Å². The van der Waals surface area contributed by atoms with Gasteiger partial charge in [0.05, 0.1) is 17.6 Å². The minimum Gasteiger partial charge on any atom is -0.466 e. The number of carbonyl (C=O) groups is 2. The Labute approximate surface area is 153 Å². The smallest absolute Gasteiger partial charge is 0.344 e. The Kier molecular flexibility index (Phi) is 6.16. The summed E-state index contributed by atoms with van der Waals surface area (Å²) < 4.78 is 36.8. The number of benzene rings is 2. The average molecular weight is 428 g/mol. The first-order valence-corrected chi connectivity index (χ1v) is 9.22. The van der Waals surface area contributed by atoms with Crippen molar-refractivity contribution >= 4 is 43.6 Å². The molecule has 0 heterocycles. The van der Waals surface area contributed by atoms with Crippen molar-refractivity contribution in [1.82, 2.24) is 0 Å². The van der Waals surface area contributed by atoms with Crippen molar-refractivity contribution < 1.29 is 27.5 Å². The number of esters is 2. The largest absolute Gasteiger partial charge is 0.466 e. The van der Waals surface area contributed by atoms with E-state index in [9.17, 15) is 18.0 Å². The lowest BCUT2D eigenvalue weighted by atomic mass is 10.2. The van der Waals surface area contributed by atoms with Crippen LogP contribution in [0.4, 0.5) is 5.69 Å². The maximum absolute atomic E-state index is 12.3. The Balaban J connectivity index is 2.05. The Morgan fingerprint density at radius 2 is 1.64 bits per heavy atom. The van der Waals surface area contributed by atoms with Crippen LogP contribution in [0, 0.1) is 0 Å². The summed E-state index contributed by atoms with van der Waals surface area (Å²) in [5.41, 5.74) is 0.461. The van der Waals surface area contributed by atoms with Gasteiger partial charge in [0.15, 0.2) is 6.61 Å². The van der Waals surface area contributed by atoms with E-state index in [1.807, 2.05) is 0 Å². The molecule has 1 N–H and O–H groups in total. The van der Waals surface area contributed by atoms with E-state index in [1.165, 1.54) is 43.5 Å². The Morgan fingerprint density at radius 3 is 2.20 bits per heavy atom. The van der Waals surface area contributed by atoms with E-state index in [2.05, 4.69) is 25.4 Å². The average Bonchev–Trinajstić information content (AvgIpc) is 2.60. The quantitative estimate of drug-likeness (QED) is 0.711. The van der Waals surface area contributed by atoms with Gasteiger partial charge in [0.2, 0.25) is 0 Å². The number of anilines is 1. The summed E-state index contributed by atoms with van der Waals surface area (Å²) in [6.07, 6.45) is 0. The third-order valence-electron chi connectivity index (χ3n) is 3.05. The SMILES string of the molecule is COC(=O)COC(=O)c1ccc(NS(=O)(=O)c2ccc(Br)cc2)cc1. The highest BCUT2D eigenvalue weighted by molar-refractivity contribution is 9.10. The lowest BCUT2D eigenvalue weighted by molar-refractivity contribution is -0.144. The van der Waals surface area contributed by atoms with Gasteiger partial charge in [-0.3, -0.25) is 4.72 Å². The van der Waals surface area contributed by atoms with Gasteiger partial charge >= 0.3 is 11.9 Å². The van der Waals surface area contributed by atoms with E-state index in [0.717, 1.165) is 4.47 Å². The number of rotatable bonds is 6. The molecule has 2 aromatic rings. The van der Waals surface area contributed by atoms with Crippen molar-refractivity contribution in [1.29, 1.82) is 0 Å². The molecule has 0 spiro atoms. The molecule has 0 bridgehead atoms. The highest BCUT2D eigenvalue weighted by atomic mass is 79.9. The molecule has 9 heteroatoms. The maximum Gasteiger partial charge on any atom is 0.344 e. The lowest BCUT2D eigenvalue weighted by Crippen LogP contribution is -2.15. The highest BCUT2D eigenvalue weighted by Crippen LogP contribution is 2.19. The highest BCUT2D eigenvalue weighted by Gasteiger charge is 2.15. The van der Waals surface area contributed by atoms with Gasteiger partial charge in [0.1, 0.15) is 0 Å². The molecule has 0 atom stereocenters. The lowest BCUT2D eigenvalue weighted by Gasteiger charge is -2.09. The molecule has 0 amide bonds. The zero-order valence-electron chi connectivity index (χ0n) is 13.1. The zero-order chi connectivity index (χ0) is 18.4. The standard InChI is InChI=1S/C16H14BrNO6S/c1-23-15(19)10-24-16(20)11-2-6-13(7-3-11)18-25(21,22)14-8-4-12(17)5-9-14/h2-9,18H,10H2,1H3. The van der Waals surface area contributed by atoms with E-state index >= 15 is 0 Å². The molecule has 0 saturated heterocycles. The summed E-state index contributed by atoms with van der Waals surface area (Å²) in [4.78, 5) is 22.8. The van der Waals surface area contributed by atoms with E-state index in [-0.39, 0.29) is 16.1 Å². The summed E-state index contributed by atoms with van der Waals surface area (Å²) in [5, 5.41) is 0. The Hall–Kier alpha value is -2.39. The molecule has 7 nitrogen and oxygen atoms in total. The van der Waals surface area contributed by atoms with Crippen molar-refractivity contribution in [2.24, 2.45) is 0 Å². The van der Waals surface area contributed by atoms with E-state index in [0.29, 0.717) is 0 Å². The Bertz CT molecular complexity index is 863. The second kappa shape index (κ2) is 8.13.